The maximum absolute atomic E-state index is 11.9. The first kappa shape index (κ1) is 12.5. The van der Waals surface area contributed by atoms with E-state index < -0.39 is 0 Å². The molecular weight excluding hydrogens is 192 g/mol. The summed E-state index contributed by atoms with van der Waals surface area (Å²) in [6, 6.07) is 0.0475. The molecule has 0 aromatic heterocycles. The van der Waals surface area contributed by atoms with Gasteiger partial charge in [-0.05, 0) is 25.8 Å². The Morgan fingerprint density at radius 2 is 2.33 bits per heavy atom. The van der Waals surface area contributed by atoms with Crippen molar-refractivity contribution in [1.82, 2.24) is 10.2 Å². The van der Waals surface area contributed by atoms with Crippen molar-refractivity contribution >= 4 is 5.91 Å². The number of nitrogens with zero attached hydrogens (tertiary/aromatic N) is 1. The Bertz CT molecular complexity index is 191. The number of methoxy groups -OCH3 is 1. The summed E-state index contributed by atoms with van der Waals surface area (Å²) >= 11 is 0. The molecule has 1 aliphatic heterocycles. The molecule has 1 aliphatic rings. The van der Waals surface area contributed by atoms with Crippen LogP contribution >= 0.6 is 0 Å². The van der Waals surface area contributed by atoms with Gasteiger partial charge >= 0.3 is 0 Å². The van der Waals surface area contributed by atoms with Gasteiger partial charge in [0, 0.05) is 27.3 Å². The van der Waals surface area contributed by atoms with Crippen LogP contribution in [-0.2, 0) is 9.53 Å². The number of likely N-dealkylation sites (N-methyl/N-ethyl adjacent to an activating group) is 1. The van der Waals surface area contributed by atoms with Gasteiger partial charge in [-0.3, -0.25) is 4.79 Å². The van der Waals surface area contributed by atoms with E-state index in [0.717, 1.165) is 39.0 Å². The second-order valence-electron chi connectivity index (χ2n) is 4.11. The fraction of sp³-hybridized carbons (Fsp3) is 0.909. The van der Waals surface area contributed by atoms with Crippen molar-refractivity contribution in [3.63, 3.8) is 0 Å². The normalized spacial score (nSPS) is 21.3. The van der Waals surface area contributed by atoms with E-state index in [2.05, 4.69) is 5.32 Å². The maximum atomic E-state index is 11.9. The summed E-state index contributed by atoms with van der Waals surface area (Å²) in [7, 11) is 3.55. The Hall–Kier alpha value is -0.610. The van der Waals surface area contributed by atoms with E-state index >= 15 is 0 Å². The summed E-state index contributed by atoms with van der Waals surface area (Å²) in [5.41, 5.74) is 0. The monoisotopic (exact) mass is 214 g/mol. The van der Waals surface area contributed by atoms with Crippen LogP contribution in [0.2, 0.25) is 0 Å². The molecular formula is C11H22N2O2. The molecule has 1 fully saturated rings. The van der Waals surface area contributed by atoms with Gasteiger partial charge in [0.1, 0.15) is 0 Å². The van der Waals surface area contributed by atoms with Gasteiger partial charge in [-0.15, -0.1) is 0 Å². The maximum Gasteiger partial charge on any atom is 0.239 e. The van der Waals surface area contributed by atoms with Gasteiger partial charge in [-0.1, -0.05) is 6.42 Å². The molecule has 1 atom stereocenters. The average molecular weight is 214 g/mol. The number of piperidine rings is 1. The van der Waals surface area contributed by atoms with E-state index in [0.29, 0.717) is 0 Å². The zero-order chi connectivity index (χ0) is 11.1. The van der Waals surface area contributed by atoms with Crippen molar-refractivity contribution in [2.24, 2.45) is 0 Å². The van der Waals surface area contributed by atoms with Gasteiger partial charge in [0.15, 0.2) is 0 Å². The number of hydrogen-bond acceptors (Lipinski definition) is 3. The van der Waals surface area contributed by atoms with Crippen LogP contribution in [-0.4, -0.2) is 50.7 Å². The molecule has 1 heterocycles. The molecule has 1 saturated heterocycles. The number of hydrogen-bond donors (Lipinski definition) is 1. The summed E-state index contributed by atoms with van der Waals surface area (Å²) in [6.45, 7) is 2.48. The largest absolute Gasteiger partial charge is 0.385 e. The van der Waals surface area contributed by atoms with Gasteiger partial charge < -0.3 is 15.0 Å². The van der Waals surface area contributed by atoms with E-state index in [1.165, 1.54) is 6.42 Å². The molecule has 0 bridgehead atoms. The zero-order valence-corrected chi connectivity index (χ0v) is 9.79. The third-order valence-electron chi connectivity index (χ3n) is 2.83. The van der Waals surface area contributed by atoms with Crippen LogP contribution in [0, 0.1) is 0 Å². The molecule has 1 N–H and O–H groups in total. The van der Waals surface area contributed by atoms with E-state index in [1.807, 2.05) is 11.9 Å². The second kappa shape index (κ2) is 6.80. The highest BCUT2D eigenvalue weighted by Gasteiger charge is 2.22. The molecule has 88 valence electrons. The number of carbonyl (C=O) groups excluding carboxylic acids is 1. The molecule has 0 radical (unpaired) electrons. The second-order valence-corrected chi connectivity index (χ2v) is 4.11. The minimum absolute atomic E-state index is 0.0475. The first-order valence-corrected chi connectivity index (χ1v) is 5.73. The lowest BCUT2D eigenvalue weighted by atomic mass is 10.0. The quantitative estimate of drug-likeness (QED) is 0.682. The van der Waals surface area contributed by atoms with Crippen molar-refractivity contribution in [2.45, 2.75) is 31.7 Å². The van der Waals surface area contributed by atoms with Gasteiger partial charge in [-0.25, -0.2) is 0 Å². The van der Waals surface area contributed by atoms with Crippen LogP contribution in [0.1, 0.15) is 25.7 Å². The Balaban J connectivity index is 2.24. The number of rotatable bonds is 5. The Labute approximate surface area is 92.0 Å². The van der Waals surface area contributed by atoms with Crippen molar-refractivity contribution in [2.75, 3.05) is 33.9 Å². The van der Waals surface area contributed by atoms with Crippen LogP contribution in [0.15, 0.2) is 0 Å². The lowest BCUT2D eigenvalue weighted by Crippen LogP contribution is -2.47. The molecule has 4 nitrogen and oxygen atoms in total. The van der Waals surface area contributed by atoms with Crippen molar-refractivity contribution in [3.05, 3.63) is 0 Å². The van der Waals surface area contributed by atoms with Crippen LogP contribution in [0.25, 0.3) is 0 Å². The zero-order valence-electron chi connectivity index (χ0n) is 9.79. The first-order chi connectivity index (χ1) is 7.25. The Morgan fingerprint density at radius 1 is 1.53 bits per heavy atom. The van der Waals surface area contributed by atoms with Crippen molar-refractivity contribution in [3.8, 4) is 0 Å². The van der Waals surface area contributed by atoms with E-state index in [9.17, 15) is 4.79 Å². The predicted molar refractivity (Wildman–Crippen MR) is 59.8 cm³/mol. The molecule has 1 rings (SSSR count). The topological polar surface area (TPSA) is 41.6 Å². The SMILES string of the molecule is COCCCN(C)C(=O)[C@@H]1CCCCN1. The summed E-state index contributed by atoms with van der Waals surface area (Å²) in [4.78, 5) is 13.7. The van der Waals surface area contributed by atoms with E-state index in [1.54, 1.807) is 7.11 Å². The minimum atomic E-state index is 0.0475. The third-order valence-corrected chi connectivity index (χ3v) is 2.83. The standard InChI is InChI=1S/C11H22N2O2/c1-13(8-5-9-15-2)11(14)10-6-3-4-7-12-10/h10,12H,3-9H2,1-2H3/t10-/m0/s1. The highest BCUT2D eigenvalue weighted by Crippen LogP contribution is 2.09. The minimum Gasteiger partial charge on any atom is -0.385 e. The van der Waals surface area contributed by atoms with Gasteiger partial charge in [0.05, 0.1) is 6.04 Å². The fourth-order valence-corrected chi connectivity index (χ4v) is 1.88. The van der Waals surface area contributed by atoms with Gasteiger partial charge in [0.2, 0.25) is 5.91 Å². The summed E-state index contributed by atoms with van der Waals surface area (Å²) in [5.74, 6) is 0.228. The Morgan fingerprint density at radius 3 is 2.93 bits per heavy atom. The smallest absolute Gasteiger partial charge is 0.239 e. The van der Waals surface area contributed by atoms with Crippen molar-refractivity contribution in [1.29, 1.82) is 0 Å². The molecule has 0 unspecified atom stereocenters. The van der Waals surface area contributed by atoms with Crippen LogP contribution in [0.3, 0.4) is 0 Å². The molecule has 0 aliphatic carbocycles. The number of carbonyl (C=O) groups is 1. The number of ether oxygens (including phenoxy) is 1. The van der Waals surface area contributed by atoms with Gasteiger partial charge in [-0.2, -0.15) is 0 Å². The van der Waals surface area contributed by atoms with Crippen molar-refractivity contribution < 1.29 is 9.53 Å². The lowest BCUT2D eigenvalue weighted by Gasteiger charge is -2.27. The number of amides is 1. The Kier molecular flexibility index (Phi) is 5.65. The summed E-state index contributed by atoms with van der Waals surface area (Å²) < 4.78 is 4.96. The summed E-state index contributed by atoms with van der Waals surface area (Å²) in [6.07, 6.45) is 4.24. The fourth-order valence-electron chi connectivity index (χ4n) is 1.88. The third kappa shape index (κ3) is 4.18. The molecule has 15 heavy (non-hydrogen) atoms. The molecule has 0 aromatic carbocycles. The van der Waals surface area contributed by atoms with Gasteiger partial charge in [0.25, 0.3) is 0 Å². The van der Waals surface area contributed by atoms with Crippen LogP contribution < -0.4 is 5.32 Å². The molecule has 1 amide bonds. The molecule has 0 spiro atoms. The van der Waals surface area contributed by atoms with E-state index in [4.69, 9.17) is 4.74 Å². The van der Waals surface area contributed by atoms with Crippen LogP contribution in [0.5, 0.6) is 0 Å². The highest BCUT2D eigenvalue weighted by atomic mass is 16.5. The molecule has 4 heteroatoms. The van der Waals surface area contributed by atoms with Crippen LogP contribution in [0.4, 0.5) is 0 Å². The van der Waals surface area contributed by atoms with E-state index in [-0.39, 0.29) is 11.9 Å². The molecule has 0 aromatic rings. The first-order valence-electron chi connectivity index (χ1n) is 5.73. The summed E-state index contributed by atoms with van der Waals surface area (Å²) in [5, 5.41) is 3.27. The highest BCUT2D eigenvalue weighted by molar-refractivity contribution is 5.81. The average Bonchev–Trinajstić information content (AvgIpc) is 2.29. The lowest BCUT2D eigenvalue weighted by molar-refractivity contribution is -0.132. The predicted octanol–water partition coefficient (Wildman–Crippen LogP) is 0.623. The molecule has 0 saturated carbocycles. The number of nitrogens with one attached hydrogen (secondary N) is 1.